The second kappa shape index (κ2) is 49.7. The van der Waals surface area contributed by atoms with E-state index >= 15 is 0 Å². The Hall–Kier alpha value is -5.62. The van der Waals surface area contributed by atoms with Crippen molar-refractivity contribution in [1.82, 2.24) is 51.6 Å². The highest BCUT2D eigenvalue weighted by molar-refractivity contribution is 5.85. The largest absolute Gasteiger partial charge is 0.356 e. The summed E-state index contributed by atoms with van der Waals surface area (Å²) in [6, 6.07) is 0. The van der Waals surface area contributed by atoms with Gasteiger partial charge in [-0.3, -0.25) is 79.2 Å². The minimum absolute atomic E-state index is 0.0191. The highest BCUT2D eigenvalue weighted by atomic mass is 16.5. The van der Waals surface area contributed by atoms with Crippen molar-refractivity contribution in [2.75, 3.05) is 78.5 Å². The van der Waals surface area contributed by atoms with Gasteiger partial charge in [0.05, 0.1) is 0 Å². The van der Waals surface area contributed by atoms with E-state index in [2.05, 4.69) is 21.3 Å². The molecule has 0 aromatic carbocycles. The van der Waals surface area contributed by atoms with Crippen molar-refractivity contribution in [3.05, 3.63) is 0 Å². The molecule has 0 bridgehead atoms. The number of carbonyl (C=O) groups excluding carboxylic acids is 10. The third kappa shape index (κ3) is 45.4. The van der Waals surface area contributed by atoms with E-state index in [1.54, 1.807) is 0 Å². The van der Waals surface area contributed by atoms with Gasteiger partial charge in [0.2, 0.25) is 59.1 Å². The van der Waals surface area contributed by atoms with Gasteiger partial charge in [-0.15, -0.1) is 0 Å². The maximum absolute atomic E-state index is 12.0. The molecule has 0 fully saturated rings. The zero-order chi connectivity index (χ0) is 58.9. The van der Waals surface area contributed by atoms with Crippen molar-refractivity contribution in [1.29, 1.82) is 0 Å². The van der Waals surface area contributed by atoms with Crippen LogP contribution in [0.1, 0.15) is 181 Å². The topological polar surface area (TPSA) is 412 Å². The average molecular weight is 1120 g/mol. The summed E-state index contributed by atoms with van der Waals surface area (Å²) in [4.78, 5) is 117. The molecule has 0 aliphatic rings. The normalized spacial score (nSPS) is 10.6. The molecule has 0 aromatic rings. The van der Waals surface area contributed by atoms with Gasteiger partial charge < -0.3 is 32.7 Å². The number of amides is 10. The van der Waals surface area contributed by atoms with E-state index in [9.17, 15) is 79.2 Å². The molecule has 14 N–H and O–H groups in total. The standard InChI is InChI=1S/2C25H48N6O8/c2*1-21(32)29(37)18-9-3-6-16-27-22(33)12-14-25(36)31(39)20-10-4-7-17-28-23(34)11-13-24(35)30(38)19-8-2-5-15-26/h2*37-39H,2-20,26H2,1H3,(H,27,33)(H,28,34). The van der Waals surface area contributed by atoms with Gasteiger partial charge in [0.15, 0.2) is 0 Å². The van der Waals surface area contributed by atoms with Gasteiger partial charge in [-0.25, -0.2) is 30.4 Å². The first-order valence-corrected chi connectivity index (χ1v) is 27.5. The second-order valence-corrected chi connectivity index (χ2v) is 18.7. The first kappa shape index (κ1) is 74.5. The first-order valence-electron chi connectivity index (χ1n) is 27.5. The number of carbonyl (C=O) groups is 10. The summed E-state index contributed by atoms with van der Waals surface area (Å²) in [6.45, 7) is 6.44. The van der Waals surface area contributed by atoms with Crippen molar-refractivity contribution in [3.63, 3.8) is 0 Å². The van der Waals surface area contributed by atoms with Gasteiger partial charge in [0, 0.05) is 131 Å². The van der Waals surface area contributed by atoms with Gasteiger partial charge in [-0.05, 0) is 116 Å². The lowest BCUT2D eigenvalue weighted by molar-refractivity contribution is -0.166. The summed E-state index contributed by atoms with van der Waals surface area (Å²) < 4.78 is 0. The van der Waals surface area contributed by atoms with Crippen LogP contribution in [0, 0.1) is 0 Å². The number of nitrogens with one attached hydrogen (secondary N) is 4. The van der Waals surface area contributed by atoms with Crippen molar-refractivity contribution >= 4 is 59.1 Å². The van der Waals surface area contributed by atoms with Crippen LogP contribution < -0.4 is 32.7 Å². The number of hydrogen-bond donors (Lipinski definition) is 12. The molecular weight excluding hydrogens is 1020 g/mol. The smallest absolute Gasteiger partial charge is 0.246 e. The molecule has 0 saturated carbocycles. The van der Waals surface area contributed by atoms with E-state index < -0.39 is 35.4 Å². The average Bonchev–Trinajstić information content (AvgIpc) is 3.41. The molecule has 28 nitrogen and oxygen atoms in total. The highest BCUT2D eigenvalue weighted by Gasteiger charge is 2.17. The summed E-state index contributed by atoms with van der Waals surface area (Å²) in [5.74, 6) is -4.10. The molecule has 0 rings (SSSR count). The Bertz CT molecular complexity index is 1600. The van der Waals surface area contributed by atoms with Crippen molar-refractivity contribution in [2.45, 2.75) is 181 Å². The SMILES string of the molecule is CC(=O)N(O)CCCCCNC(=O)CCC(=O)N(O)CCCCCNC(=O)CCC(=O)N(O)CCCCCN.CC(=O)N(O)CCCCCNC(=O)CCC(=O)N(O)CCCCCNC(=O)CCC(=O)N(O)CCCCCN. The number of nitrogens with zero attached hydrogens (tertiary/aromatic N) is 6. The molecule has 0 spiro atoms. The van der Waals surface area contributed by atoms with E-state index in [1.165, 1.54) is 13.8 Å². The monoisotopic (exact) mass is 1120 g/mol. The molecule has 78 heavy (non-hydrogen) atoms. The number of unbranched alkanes of at least 4 members (excludes halogenated alkanes) is 12. The first-order chi connectivity index (χ1) is 37.2. The van der Waals surface area contributed by atoms with Gasteiger partial charge in [0.25, 0.3) is 0 Å². The van der Waals surface area contributed by atoms with Crippen LogP contribution in [0.2, 0.25) is 0 Å². The zero-order valence-electron chi connectivity index (χ0n) is 46.5. The molecule has 0 heterocycles. The number of rotatable bonds is 46. The van der Waals surface area contributed by atoms with Crippen LogP contribution in [0.25, 0.3) is 0 Å². The maximum atomic E-state index is 12.0. The minimum atomic E-state index is -0.548. The molecule has 0 unspecified atom stereocenters. The molecule has 452 valence electrons. The molecule has 0 aliphatic heterocycles. The lowest BCUT2D eigenvalue weighted by atomic mass is 10.2. The fourth-order valence-corrected chi connectivity index (χ4v) is 6.90. The van der Waals surface area contributed by atoms with Crippen LogP contribution in [-0.2, 0) is 47.9 Å². The van der Waals surface area contributed by atoms with Gasteiger partial charge >= 0.3 is 0 Å². The van der Waals surface area contributed by atoms with Crippen LogP contribution in [0.4, 0.5) is 0 Å². The lowest BCUT2D eigenvalue weighted by Crippen LogP contribution is -2.31. The summed E-state index contributed by atoms with van der Waals surface area (Å²) in [5.41, 5.74) is 10.8. The highest BCUT2D eigenvalue weighted by Crippen LogP contribution is 2.06. The molecule has 0 aliphatic carbocycles. The summed E-state index contributed by atoms with van der Waals surface area (Å²) in [5, 5.41) is 72.1. The maximum Gasteiger partial charge on any atom is 0.246 e. The molecule has 10 amide bonds. The second-order valence-electron chi connectivity index (χ2n) is 18.7. The predicted molar refractivity (Wildman–Crippen MR) is 283 cm³/mol. The van der Waals surface area contributed by atoms with E-state index in [0.29, 0.717) is 147 Å². The number of hydroxylamine groups is 12. The van der Waals surface area contributed by atoms with E-state index in [1.807, 2.05) is 0 Å². The fourth-order valence-electron chi connectivity index (χ4n) is 6.90. The van der Waals surface area contributed by atoms with E-state index in [-0.39, 0.29) is 114 Å². The van der Waals surface area contributed by atoms with Gasteiger partial charge in [-0.2, -0.15) is 0 Å². The Labute approximate surface area is 459 Å². The Morgan fingerprint density at radius 3 is 0.667 bits per heavy atom. The van der Waals surface area contributed by atoms with Crippen molar-refractivity contribution < 1.29 is 79.2 Å². The molecule has 28 heteroatoms. The third-order valence-electron chi connectivity index (χ3n) is 11.8. The van der Waals surface area contributed by atoms with Crippen LogP contribution in [0.5, 0.6) is 0 Å². The fraction of sp³-hybridized carbons (Fsp3) is 0.800. The van der Waals surface area contributed by atoms with Crippen LogP contribution >= 0.6 is 0 Å². The lowest BCUT2D eigenvalue weighted by Gasteiger charge is -2.15. The molecule has 0 atom stereocenters. The molecule has 0 radical (unpaired) electrons. The van der Waals surface area contributed by atoms with Crippen LogP contribution in [0.15, 0.2) is 0 Å². The minimum Gasteiger partial charge on any atom is -0.356 e. The Morgan fingerprint density at radius 2 is 0.474 bits per heavy atom. The Morgan fingerprint density at radius 1 is 0.282 bits per heavy atom. The Balaban J connectivity index is 0. The quantitative estimate of drug-likeness (QED) is 0.0235. The summed E-state index contributed by atoms with van der Waals surface area (Å²) in [7, 11) is 0. The van der Waals surface area contributed by atoms with E-state index in [0.717, 1.165) is 38.5 Å². The summed E-state index contributed by atoms with van der Waals surface area (Å²) >= 11 is 0. The molecular formula is C50H96N12O16. The number of nitrogens with two attached hydrogens (primary N) is 2. The van der Waals surface area contributed by atoms with Crippen LogP contribution in [0.3, 0.4) is 0 Å². The zero-order valence-corrected chi connectivity index (χ0v) is 46.5. The third-order valence-corrected chi connectivity index (χ3v) is 11.8. The molecule has 0 saturated heterocycles. The van der Waals surface area contributed by atoms with Crippen molar-refractivity contribution in [2.24, 2.45) is 11.5 Å². The van der Waals surface area contributed by atoms with Crippen LogP contribution in [-0.4, -0.2) is 199 Å². The molecule has 0 aromatic heterocycles. The van der Waals surface area contributed by atoms with E-state index in [4.69, 9.17) is 11.5 Å². The Kier molecular flexibility index (Phi) is 47.4. The predicted octanol–water partition coefficient (Wildman–Crippen LogP) is 1.84. The van der Waals surface area contributed by atoms with Gasteiger partial charge in [-0.1, -0.05) is 12.8 Å². The number of hydrogen-bond acceptors (Lipinski definition) is 18. The summed E-state index contributed by atoms with van der Waals surface area (Å²) in [6.07, 6.45) is 11.7. The van der Waals surface area contributed by atoms with Crippen molar-refractivity contribution in [3.8, 4) is 0 Å². The van der Waals surface area contributed by atoms with Gasteiger partial charge in [0.1, 0.15) is 0 Å².